The van der Waals surface area contributed by atoms with Gasteiger partial charge in [-0.2, -0.15) is 0 Å². The molecular weight excluding hydrogens is 268 g/mol. The highest BCUT2D eigenvalue weighted by Crippen LogP contribution is 2.31. The first-order valence-electron chi connectivity index (χ1n) is 7.21. The summed E-state index contributed by atoms with van der Waals surface area (Å²) >= 11 is 0. The van der Waals surface area contributed by atoms with Crippen LogP contribution in [0.2, 0.25) is 0 Å². The monoisotopic (exact) mass is 286 g/mol. The van der Waals surface area contributed by atoms with Gasteiger partial charge < -0.3 is 15.1 Å². The molecule has 110 valence electrons. The zero-order valence-corrected chi connectivity index (χ0v) is 11.7. The number of nitrogens with zero attached hydrogens (tertiary/aromatic N) is 2. The van der Waals surface area contributed by atoms with Gasteiger partial charge in [-0.3, -0.25) is 0 Å². The van der Waals surface area contributed by atoms with Crippen molar-refractivity contribution in [2.75, 3.05) is 18.1 Å². The van der Waals surface area contributed by atoms with Crippen molar-refractivity contribution in [2.45, 2.75) is 25.3 Å². The molecule has 0 amide bonds. The van der Waals surface area contributed by atoms with E-state index >= 15 is 0 Å². The third-order valence-corrected chi connectivity index (χ3v) is 4.06. The van der Waals surface area contributed by atoms with Gasteiger partial charge in [0.15, 0.2) is 5.69 Å². The summed E-state index contributed by atoms with van der Waals surface area (Å²) in [7, 11) is 0. The number of fused-ring (bicyclic) bond motifs is 1. The van der Waals surface area contributed by atoms with Gasteiger partial charge in [0.25, 0.3) is 0 Å². The summed E-state index contributed by atoms with van der Waals surface area (Å²) in [4.78, 5) is 17.6. The molecule has 1 saturated heterocycles. The number of hydrogen-bond donors (Lipinski definition) is 2. The molecule has 0 bridgehead atoms. The number of aliphatic hydroxyl groups is 1. The molecule has 1 aliphatic rings. The van der Waals surface area contributed by atoms with Crippen molar-refractivity contribution in [3.05, 3.63) is 36.0 Å². The average molecular weight is 286 g/mol. The number of aliphatic hydroxyl groups excluding tert-OH is 1. The van der Waals surface area contributed by atoms with Crippen molar-refractivity contribution in [3.63, 3.8) is 0 Å². The Bertz CT molecular complexity index is 672. The lowest BCUT2D eigenvalue weighted by Crippen LogP contribution is -2.42. The number of carboxylic acids is 1. The van der Waals surface area contributed by atoms with Crippen LogP contribution in [0.5, 0.6) is 0 Å². The summed E-state index contributed by atoms with van der Waals surface area (Å²) in [5.74, 6) is -1.03. The molecule has 2 N–H and O–H groups in total. The van der Waals surface area contributed by atoms with E-state index in [1.807, 2.05) is 24.3 Å². The van der Waals surface area contributed by atoms with E-state index in [1.54, 1.807) is 6.07 Å². The molecule has 0 radical (unpaired) electrons. The van der Waals surface area contributed by atoms with E-state index in [4.69, 9.17) is 0 Å². The number of pyridine rings is 1. The van der Waals surface area contributed by atoms with E-state index in [0.29, 0.717) is 5.52 Å². The molecule has 0 saturated carbocycles. The Hall–Kier alpha value is -2.14. The summed E-state index contributed by atoms with van der Waals surface area (Å²) in [5.41, 5.74) is 1.58. The van der Waals surface area contributed by atoms with E-state index in [9.17, 15) is 15.0 Å². The smallest absolute Gasteiger partial charge is 0.354 e. The lowest BCUT2D eigenvalue weighted by Gasteiger charge is -2.37. The number of aromatic carboxylic acids is 1. The maximum Gasteiger partial charge on any atom is 0.354 e. The van der Waals surface area contributed by atoms with Crippen molar-refractivity contribution in [1.29, 1.82) is 0 Å². The summed E-state index contributed by atoms with van der Waals surface area (Å²) in [5, 5.41) is 19.8. The van der Waals surface area contributed by atoms with Gasteiger partial charge in [0.05, 0.1) is 18.2 Å². The summed E-state index contributed by atoms with van der Waals surface area (Å²) in [6.07, 6.45) is 3.07. The maximum atomic E-state index is 11.3. The van der Waals surface area contributed by atoms with Gasteiger partial charge in [-0.1, -0.05) is 18.2 Å². The topological polar surface area (TPSA) is 73.7 Å². The molecule has 5 heteroatoms. The van der Waals surface area contributed by atoms with Crippen molar-refractivity contribution >= 4 is 22.6 Å². The van der Waals surface area contributed by atoms with Crippen LogP contribution in [0.25, 0.3) is 10.9 Å². The van der Waals surface area contributed by atoms with E-state index in [-0.39, 0.29) is 18.3 Å². The lowest BCUT2D eigenvalue weighted by atomic mass is 10.0. The van der Waals surface area contributed by atoms with Crippen molar-refractivity contribution in [1.82, 2.24) is 4.98 Å². The second-order valence-electron chi connectivity index (χ2n) is 5.37. The number of piperidine rings is 1. The molecule has 5 nitrogen and oxygen atoms in total. The van der Waals surface area contributed by atoms with Crippen LogP contribution in [0.1, 0.15) is 29.8 Å². The number of anilines is 1. The zero-order valence-electron chi connectivity index (χ0n) is 11.7. The fraction of sp³-hybridized carbons (Fsp3) is 0.375. The highest BCUT2D eigenvalue weighted by Gasteiger charge is 2.24. The zero-order chi connectivity index (χ0) is 14.8. The minimum absolute atomic E-state index is 0.0472. The molecule has 1 aromatic heterocycles. The average Bonchev–Trinajstić information content (AvgIpc) is 2.53. The van der Waals surface area contributed by atoms with Crippen LogP contribution in [-0.2, 0) is 0 Å². The van der Waals surface area contributed by atoms with Crippen LogP contribution in [0.15, 0.2) is 30.3 Å². The third kappa shape index (κ3) is 2.56. The number of hydrogen-bond acceptors (Lipinski definition) is 4. The first-order chi connectivity index (χ1) is 10.2. The molecule has 1 aliphatic heterocycles. The number of aromatic nitrogens is 1. The summed E-state index contributed by atoms with van der Waals surface area (Å²) in [6.45, 7) is 0.914. The van der Waals surface area contributed by atoms with E-state index in [1.165, 1.54) is 0 Å². The van der Waals surface area contributed by atoms with Gasteiger partial charge in [0.1, 0.15) is 0 Å². The van der Waals surface area contributed by atoms with Crippen LogP contribution in [0.3, 0.4) is 0 Å². The number of rotatable bonds is 3. The standard InChI is InChI=1S/C16H18N2O3/c19-10-11-5-3-4-8-18(11)15-9-14(16(20)21)17-13-7-2-1-6-12(13)15/h1-2,6-7,9,11,19H,3-5,8,10H2,(H,20,21). The van der Waals surface area contributed by atoms with Gasteiger partial charge in [-0.15, -0.1) is 0 Å². The molecule has 0 spiro atoms. The molecule has 2 heterocycles. The Balaban J connectivity index is 2.17. The molecule has 21 heavy (non-hydrogen) atoms. The Labute approximate surface area is 122 Å². The van der Waals surface area contributed by atoms with Gasteiger partial charge in [0.2, 0.25) is 0 Å². The largest absolute Gasteiger partial charge is 0.477 e. The molecule has 1 fully saturated rings. The molecule has 3 rings (SSSR count). The van der Waals surface area contributed by atoms with Crippen LogP contribution in [0, 0.1) is 0 Å². The fourth-order valence-corrected chi connectivity index (χ4v) is 3.01. The summed E-state index contributed by atoms with van der Waals surface area (Å²) < 4.78 is 0. The minimum Gasteiger partial charge on any atom is -0.477 e. The van der Waals surface area contributed by atoms with Gasteiger partial charge >= 0.3 is 5.97 Å². The highest BCUT2D eigenvalue weighted by molar-refractivity contribution is 5.97. The number of carboxylic acid groups (broad SMARTS) is 1. The van der Waals surface area contributed by atoms with E-state index < -0.39 is 5.97 Å². The highest BCUT2D eigenvalue weighted by atomic mass is 16.4. The van der Waals surface area contributed by atoms with Gasteiger partial charge in [-0.25, -0.2) is 9.78 Å². The lowest BCUT2D eigenvalue weighted by molar-refractivity contribution is 0.0691. The predicted octanol–water partition coefficient (Wildman–Crippen LogP) is 2.28. The Morgan fingerprint density at radius 3 is 2.90 bits per heavy atom. The Morgan fingerprint density at radius 1 is 1.33 bits per heavy atom. The third-order valence-electron chi connectivity index (χ3n) is 4.06. The Morgan fingerprint density at radius 2 is 2.14 bits per heavy atom. The molecule has 1 atom stereocenters. The molecular formula is C16H18N2O3. The van der Waals surface area contributed by atoms with Crippen LogP contribution in [0.4, 0.5) is 5.69 Å². The van der Waals surface area contributed by atoms with E-state index in [2.05, 4.69) is 9.88 Å². The van der Waals surface area contributed by atoms with Crippen molar-refractivity contribution in [3.8, 4) is 0 Å². The second-order valence-corrected chi connectivity index (χ2v) is 5.37. The minimum atomic E-state index is -1.03. The molecule has 2 aromatic rings. The first kappa shape index (κ1) is 13.8. The predicted molar refractivity (Wildman–Crippen MR) is 80.8 cm³/mol. The molecule has 1 aromatic carbocycles. The Kier molecular flexibility index (Phi) is 3.75. The second kappa shape index (κ2) is 5.69. The maximum absolute atomic E-state index is 11.3. The number of benzene rings is 1. The first-order valence-corrected chi connectivity index (χ1v) is 7.21. The van der Waals surface area contributed by atoms with Crippen LogP contribution in [-0.4, -0.2) is 40.4 Å². The van der Waals surface area contributed by atoms with Gasteiger partial charge in [0, 0.05) is 17.6 Å². The molecule has 1 unspecified atom stereocenters. The van der Waals surface area contributed by atoms with Gasteiger partial charge in [-0.05, 0) is 31.4 Å². The van der Waals surface area contributed by atoms with Crippen LogP contribution >= 0.6 is 0 Å². The summed E-state index contributed by atoms with van der Waals surface area (Å²) in [6, 6.07) is 9.22. The number of para-hydroxylation sites is 1. The SMILES string of the molecule is O=C(O)c1cc(N2CCCCC2CO)c2ccccc2n1. The quantitative estimate of drug-likeness (QED) is 0.905. The normalized spacial score (nSPS) is 18.9. The van der Waals surface area contributed by atoms with Crippen molar-refractivity contribution in [2.24, 2.45) is 0 Å². The number of carbonyl (C=O) groups is 1. The van der Waals surface area contributed by atoms with Crippen LogP contribution < -0.4 is 4.90 Å². The molecule has 0 aliphatic carbocycles. The van der Waals surface area contributed by atoms with Crippen molar-refractivity contribution < 1.29 is 15.0 Å². The fourth-order valence-electron chi connectivity index (χ4n) is 3.01. The van der Waals surface area contributed by atoms with E-state index in [0.717, 1.165) is 36.9 Å².